The first-order valence-electron chi connectivity index (χ1n) is 27.5. The summed E-state index contributed by atoms with van der Waals surface area (Å²) in [7, 11) is 0. The summed E-state index contributed by atoms with van der Waals surface area (Å²) in [6, 6.07) is 0. The molecule has 0 heterocycles. The molecule has 1 N–H and O–H groups in total. The van der Waals surface area contributed by atoms with Crippen LogP contribution in [0, 0.1) is 0 Å². The fraction of sp³-hybridized carbons (Fsp3) is 0.712. The van der Waals surface area contributed by atoms with Crippen LogP contribution in [0.5, 0.6) is 0 Å². The van der Waals surface area contributed by atoms with E-state index in [9.17, 15) is 19.6 Å². The standard InChI is InChI=1S/C59H100O8/c1-4-7-10-13-16-19-22-25-27-29-32-35-38-41-44-50-57(60)64-53-56(54-65-58(61)51-45-42-39-36-33-30-28-26-23-20-17-14-11-8-5-2)66-59(62)52-47-46-49-55(67-63)48-43-40-37-34-31-24-21-18-15-12-9-6-3/h25-28,34,37,40,43,46-49,52,56,63H,4-24,29-33,35-36,38-39,41-42,44-45,50-51,53-54H2,1-3H3/b27-25-,28-26-,37-34?,43-40?,49-46?,52-47?,55-48?. The largest absolute Gasteiger partial charge is 0.462 e. The monoisotopic (exact) mass is 937 g/mol. The number of carbonyl (C=O) groups excluding carboxylic acids is 3. The normalized spacial score (nSPS) is 12.4. The SMILES string of the molecule is CCCCCCCC/C=C\CCCCCCCC(=O)OCC(COC(=O)CCCCCCC/C=C\CCCCCCCC)OC(=O)C=CC=CC(=CC=CC=CCCCCCCCCC)OO. The Balaban J connectivity index is 4.78. The maximum atomic E-state index is 12.8. The number of allylic oxidation sites excluding steroid dienone is 12. The van der Waals surface area contributed by atoms with Gasteiger partial charge in [-0.2, -0.15) is 0 Å². The maximum absolute atomic E-state index is 12.8. The summed E-state index contributed by atoms with van der Waals surface area (Å²) < 4.78 is 16.5. The van der Waals surface area contributed by atoms with Crippen LogP contribution in [-0.4, -0.2) is 42.5 Å². The van der Waals surface area contributed by atoms with Crippen LogP contribution in [0.4, 0.5) is 0 Å². The predicted molar refractivity (Wildman–Crippen MR) is 282 cm³/mol. The molecule has 0 atom stereocenters. The molecule has 0 fully saturated rings. The molecule has 0 bridgehead atoms. The minimum absolute atomic E-state index is 0.184. The van der Waals surface area contributed by atoms with Gasteiger partial charge < -0.3 is 19.1 Å². The zero-order valence-corrected chi connectivity index (χ0v) is 43.3. The second kappa shape index (κ2) is 53.3. The lowest BCUT2D eigenvalue weighted by Crippen LogP contribution is -2.30. The lowest BCUT2D eigenvalue weighted by Gasteiger charge is -2.17. The summed E-state index contributed by atoms with van der Waals surface area (Å²) in [4.78, 5) is 42.5. The molecule has 384 valence electrons. The summed E-state index contributed by atoms with van der Waals surface area (Å²) >= 11 is 0. The third kappa shape index (κ3) is 50.1. The lowest BCUT2D eigenvalue weighted by atomic mass is 10.1. The van der Waals surface area contributed by atoms with Crippen molar-refractivity contribution in [2.24, 2.45) is 0 Å². The topological polar surface area (TPSA) is 108 Å². The highest BCUT2D eigenvalue weighted by Crippen LogP contribution is 2.14. The van der Waals surface area contributed by atoms with Crippen molar-refractivity contribution in [3.05, 3.63) is 84.7 Å². The molecule has 0 amide bonds. The Morgan fingerprint density at radius 3 is 1.16 bits per heavy atom. The van der Waals surface area contributed by atoms with E-state index in [4.69, 9.17) is 14.2 Å². The predicted octanol–water partition coefficient (Wildman–Crippen LogP) is 17.8. The first kappa shape index (κ1) is 63.4. The smallest absolute Gasteiger partial charge is 0.331 e. The summed E-state index contributed by atoms with van der Waals surface area (Å²) in [5.41, 5.74) is 0. The van der Waals surface area contributed by atoms with Gasteiger partial charge in [0.25, 0.3) is 0 Å². The van der Waals surface area contributed by atoms with E-state index < -0.39 is 12.1 Å². The number of ether oxygens (including phenoxy) is 3. The van der Waals surface area contributed by atoms with Gasteiger partial charge >= 0.3 is 17.9 Å². The Kier molecular flexibility index (Phi) is 50.4. The van der Waals surface area contributed by atoms with E-state index in [1.165, 1.54) is 159 Å². The molecule has 0 rings (SSSR count). The van der Waals surface area contributed by atoms with E-state index in [-0.39, 0.29) is 43.8 Å². The molecule has 67 heavy (non-hydrogen) atoms. The highest BCUT2D eigenvalue weighted by molar-refractivity contribution is 5.82. The van der Waals surface area contributed by atoms with Crippen LogP contribution in [0.15, 0.2) is 84.7 Å². The van der Waals surface area contributed by atoms with Gasteiger partial charge in [-0.25, -0.2) is 10.1 Å². The molecule has 0 saturated heterocycles. The molecular weight excluding hydrogens is 837 g/mol. The molecule has 0 radical (unpaired) electrons. The van der Waals surface area contributed by atoms with Gasteiger partial charge in [-0.05, 0) is 89.2 Å². The van der Waals surface area contributed by atoms with Crippen molar-refractivity contribution in [1.29, 1.82) is 0 Å². The number of hydrogen-bond donors (Lipinski definition) is 1. The van der Waals surface area contributed by atoms with Crippen LogP contribution in [0.2, 0.25) is 0 Å². The Labute approximate surface area is 411 Å². The molecule has 0 aliphatic rings. The molecule has 0 aliphatic heterocycles. The van der Waals surface area contributed by atoms with Gasteiger partial charge in [-0.15, -0.1) is 0 Å². The van der Waals surface area contributed by atoms with E-state index >= 15 is 0 Å². The Hall–Kier alpha value is -3.65. The van der Waals surface area contributed by atoms with E-state index in [0.717, 1.165) is 83.5 Å². The van der Waals surface area contributed by atoms with Gasteiger partial charge in [0.2, 0.25) is 0 Å². The number of unbranched alkanes of at least 4 members (excludes halogenated alkanes) is 29. The Morgan fingerprint density at radius 1 is 0.403 bits per heavy atom. The quantitative estimate of drug-likeness (QED) is 0.00740. The summed E-state index contributed by atoms with van der Waals surface area (Å²) in [6.07, 6.45) is 64.6. The van der Waals surface area contributed by atoms with Crippen molar-refractivity contribution < 1.29 is 38.7 Å². The first-order chi connectivity index (χ1) is 33.0. The van der Waals surface area contributed by atoms with Crippen molar-refractivity contribution in [2.45, 2.75) is 258 Å². The lowest BCUT2D eigenvalue weighted by molar-refractivity contribution is -0.198. The molecule has 8 heteroatoms. The zero-order valence-electron chi connectivity index (χ0n) is 43.3. The van der Waals surface area contributed by atoms with Gasteiger partial charge in [0.15, 0.2) is 11.9 Å². The summed E-state index contributed by atoms with van der Waals surface area (Å²) in [5.74, 6) is -1.22. The molecule has 0 unspecified atom stereocenters. The van der Waals surface area contributed by atoms with Gasteiger partial charge in [0.1, 0.15) is 13.2 Å². The Bertz CT molecular complexity index is 1280. The van der Waals surface area contributed by atoms with Crippen molar-refractivity contribution in [1.82, 2.24) is 0 Å². The average molecular weight is 937 g/mol. The third-order valence-corrected chi connectivity index (χ3v) is 11.7. The molecule has 8 nitrogen and oxygen atoms in total. The first-order valence-corrected chi connectivity index (χ1v) is 27.5. The second-order valence-corrected chi connectivity index (χ2v) is 18.2. The molecular formula is C59H100O8. The molecule has 0 aromatic rings. The van der Waals surface area contributed by atoms with Gasteiger partial charge in [-0.3, -0.25) is 9.59 Å². The highest BCUT2D eigenvalue weighted by atomic mass is 17.1. The molecule has 0 aromatic heterocycles. The van der Waals surface area contributed by atoms with E-state index in [1.54, 1.807) is 12.2 Å². The van der Waals surface area contributed by atoms with Crippen molar-refractivity contribution in [3.63, 3.8) is 0 Å². The van der Waals surface area contributed by atoms with Crippen molar-refractivity contribution in [2.75, 3.05) is 13.2 Å². The minimum atomic E-state index is -0.947. The van der Waals surface area contributed by atoms with E-state index in [2.05, 4.69) is 56.0 Å². The number of carbonyl (C=O) groups is 3. The molecule has 0 aliphatic carbocycles. The number of hydrogen-bond acceptors (Lipinski definition) is 8. The molecule has 0 aromatic carbocycles. The van der Waals surface area contributed by atoms with Crippen LogP contribution in [0.1, 0.15) is 252 Å². The van der Waals surface area contributed by atoms with Crippen LogP contribution in [0.3, 0.4) is 0 Å². The van der Waals surface area contributed by atoms with Crippen LogP contribution < -0.4 is 0 Å². The Morgan fingerprint density at radius 2 is 0.761 bits per heavy atom. The van der Waals surface area contributed by atoms with Crippen molar-refractivity contribution in [3.8, 4) is 0 Å². The number of esters is 3. The van der Waals surface area contributed by atoms with Crippen LogP contribution in [-0.2, 0) is 33.5 Å². The van der Waals surface area contributed by atoms with E-state index in [1.807, 2.05) is 12.2 Å². The number of rotatable bonds is 49. The fourth-order valence-corrected chi connectivity index (χ4v) is 7.53. The van der Waals surface area contributed by atoms with Crippen LogP contribution in [0.25, 0.3) is 0 Å². The van der Waals surface area contributed by atoms with Crippen LogP contribution >= 0.6 is 0 Å². The van der Waals surface area contributed by atoms with Gasteiger partial charge in [0, 0.05) is 18.9 Å². The fourth-order valence-electron chi connectivity index (χ4n) is 7.53. The third-order valence-electron chi connectivity index (χ3n) is 11.7. The average Bonchev–Trinajstić information content (AvgIpc) is 3.33. The summed E-state index contributed by atoms with van der Waals surface area (Å²) in [5, 5.41) is 9.29. The summed E-state index contributed by atoms with van der Waals surface area (Å²) in [6.45, 7) is 6.33. The molecule has 0 saturated carbocycles. The van der Waals surface area contributed by atoms with E-state index in [0.29, 0.717) is 0 Å². The highest BCUT2D eigenvalue weighted by Gasteiger charge is 2.18. The van der Waals surface area contributed by atoms with Gasteiger partial charge in [0.05, 0.1) is 0 Å². The van der Waals surface area contributed by atoms with Gasteiger partial charge in [-0.1, -0.05) is 223 Å². The zero-order chi connectivity index (χ0) is 48.8. The molecule has 0 spiro atoms. The maximum Gasteiger partial charge on any atom is 0.331 e. The minimum Gasteiger partial charge on any atom is -0.462 e. The second-order valence-electron chi connectivity index (χ2n) is 18.2. The van der Waals surface area contributed by atoms with Crippen molar-refractivity contribution >= 4 is 17.9 Å².